The first-order valence-electron chi connectivity index (χ1n) is 12.3. The average Bonchev–Trinajstić information content (AvgIpc) is 2.89. The third kappa shape index (κ3) is 24.9. The number of benzene rings is 4. The lowest BCUT2D eigenvalue weighted by atomic mass is 10.3. The van der Waals surface area contributed by atoms with Crippen LogP contribution in [0.1, 0.15) is 61.8 Å². The first-order chi connectivity index (χ1) is 17.1. The van der Waals surface area contributed by atoms with Crippen LogP contribution in [0.2, 0.25) is 0 Å². The Morgan fingerprint density at radius 1 is 0.444 bits per heavy atom. The Morgan fingerprint density at radius 3 is 0.806 bits per heavy atom. The lowest BCUT2D eigenvalue weighted by Crippen LogP contribution is -1.81. The molecule has 0 heterocycles. The fourth-order valence-corrected chi connectivity index (χ4v) is 1.97. The normalized spacial score (nSPS) is 7.94. The summed E-state index contributed by atoms with van der Waals surface area (Å²) in [6, 6.07) is 36.9. The number of aromatic hydroxyl groups is 2. The van der Waals surface area contributed by atoms with Crippen LogP contribution in [0.3, 0.4) is 0 Å². The van der Waals surface area contributed by atoms with E-state index in [4.69, 9.17) is 14.9 Å². The van der Waals surface area contributed by atoms with E-state index < -0.39 is 0 Å². The highest BCUT2D eigenvalue weighted by Crippen LogP contribution is 2.19. The van der Waals surface area contributed by atoms with E-state index in [1.807, 2.05) is 86.6 Å². The van der Waals surface area contributed by atoms with Gasteiger partial charge in [0.2, 0.25) is 0 Å². The van der Waals surface area contributed by atoms with E-state index in [2.05, 4.69) is 27.7 Å². The number of rotatable bonds is 2. The van der Waals surface area contributed by atoms with Gasteiger partial charge in [0.1, 0.15) is 23.0 Å². The minimum absolute atomic E-state index is 0. The second-order valence-corrected chi connectivity index (χ2v) is 6.81. The fraction of sp³-hybridized carbons (Fsp3) is 0.273. The molecule has 4 aromatic rings. The topological polar surface area (TPSA) is 49.7 Å². The van der Waals surface area contributed by atoms with Crippen molar-refractivity contribution in [2.45, 2.75) is 61.8 Å². The first kappa shape index (κ1) is 36.8. The van der Waals surface area contributed by atoms with Crippen LogP contribution in [0.25, 0.3) is 0 Å². The monoisotopic (exact) mass is 492 g/mol. The summed E-state index contributed by atoms with van der Waals surface area (Å²) in [7, 11) is 0. The molecule has 0 saturated heterocycles. The Balaban J connectivity index is -0.000000410. The summed E-state index contributed by atoms with van der Waals surface area (Å²) >= 11 is 0. The van der Waals surface area contributed by atoms with Gasteiger partial charge in [-0.1, -0.05) is 135 Å². The molecular formula is C33H48O3. The van der Waals surface area contributed by atoms with Crippen molar-refractivity contribution in [3.8, 4) is 23.0 Å². The van der Waals surface area contributed by atoms with E-state index >= 15 is 0 Å². The highest BCUT2D eigenvalue weighted by molar-refractivity contribution is 5.30. The largest absolute Gasteiger partial charge is 0.508 e. The second kappa shape index (κ2) is 29.3. The maximum Gasteiger partial charge on any atom is 0.127 e. The quantitative estimate of drug-likeness (QED) is 0.292. The number of ether oxygens (including phenoxy) is 1. The van der Waals surface area contributed by atoms with Crippen LogP contribution < -0.4 is 4.74 Å². The molecule has 0 unspecified atom stereocenters. The van der Waals surface area contributed by atoms with E-state index in [1.165, 1.54) is 12.8 Å². The molecule has 0 aliphatic rings. The molecule has 0 atom stereocenters. The van der Waals surface area contributed by atoms with Crippen LogP contribution in [0.5, 0.6) is 23.0 Å². The van der Waals surface area contributed by atoms with Gasteiger partial charge < -0.3 is 14.9 Å². The summed E-state index contributed by atoms with van der Waals surface area (Å²) in [5.41, 5.74) is 0. The highest BCUT2D eigenvalue weighted by atomic mass is 16.5. The zero-order valence-electron chi connectivity index (χ0n) is 22.3. The minimum atomic E-state index is 0. The van der Waals surface area contributed by atoms with E-state index in [-0.39, 0.29) is 7.43 Å². The van der Waals surface area contributed by atoms with Gasteiger partial charge >= 0.3 is 0 Å². The van der Waals surface area contributed by atoms with Crippen molar-refractivity contribution in [2.24, 2.45) is 0 Å². The molecule has 4 rings (SSSR count). The van der Waals surface area contributed by atoms with Crippen LogP contribution in [0, 0.1) is 0 Å². The zero-order valence-corrected chi connectivity index (χ0v) is 22.3. The molecule has 3 nitrogen and oxygen atoms in total. The van der Waals surface area contributed by atoms with Gasteiger partial charge in [0, 0.05) is 0 Å². The Morgan fingerprint density at radius 2 is 0.639 bits per heavy atom. The maximum absolute atomic E-state index is 8.63. The molecule has 3 heteroatoms. The molecular weight excluding hydrogens is 444 g/mol. The fourth-order valence-electron chi connectivity index (χ4n) is 1.97. The smallest absolute Gasteiger partial charge is 0.127 e. The molecule has 0 saturated carbocycles. The number of hydrogen-bond donors (Lipinski definition) is 2. The van der Waals surface area contributed by atoms with E-state index in [9.17, 15) is 0 Å². The zero-order chi connectivity index (χ0) is 26.6. The van der Waals surface area contributed by atoms with E-state index in [0.717, 1.165) is 11.5 Å². The molecule has 0 amide bonds. The third-order valence-corrected chi connectivity index (χ3v) is 3.23. The maximum atomic E-state index is 8.63. The van der Waals surface area contributed by atoms with Crippen molar-refractivity contribution < 1.29 is 14.9 Å². The predicted molar refractivity (Wildman–Crippen MR) is 159 cm³/mol. The second-order valence-electron chi connectivity index (χ2n) is 6.81. The predicted octanol–water partition coefficient (Wildman–Crippen LogP) is 10.8. The summed E-state index contributed by atoms with van der Waals surface area (Å²) in [5.74, 6) is 2.38. The van der Waals surface area contributed by atoms with Crippen LogP contribution in [0.4, 0.5) is 0 Å². The van der Waals surface area contributed by atoms with Crippen molar-refractivity contribution in [3.05, 3.63) is 121 Å². The molecule has 36 heavy (non-hydrogen) atoms. The van der Waals surface area contributed by atoms with Gasteiger partial charge in [-0.2, -0.15) is 0 Å². The van der Waals surface area contributed by atoms with Crippen LogP contribution in [0.15, 0.2) is 121 Å². The van der Waals surface area contributed by atoms with Crippen molar-refractivity contribution in [1.29, 1.82) is 0 Å². The van der Waals surface area contributed by atoms with Crippen molar-refractivity contribution >= 4 is 0 Å². The Hall–Kier alpha value is -3.72. The molecule has 0 fully saturated rings. The minimum Gasteiger partial charge on any atom is -0.508 e. The van der Waals surface area contributed by atoms with Crippen LogP contribution >= 0.6 is 0 Å². The lowest BCUT2D eigenvalue weighted by Gasteiger charge is -2.03. The number of phenolic OH excluding ortho intramolecular Hbond substituents is 2. The molecule has 2 N–H and O–H groups in total. The van der Waals surface area contributed by atoms with Gasteiger partial charge in [0.15, 0.2) is 0 Å². The molecule has 0 aromatic heterocycles. The average molecular weight is 493 g/mol. The van der Waals surface area contributed by atoms with Crippen molar-refractivity contribution in [1.82, 2.24) is 0 Å². The van der Waals surface area contributed by atoms with Crippen molar-refractivity contribution in [2.75, 3.05) is 0 Å². The summed E-state index contributed by atoms with van der Waals surface area (Å²) in [6.07, 6.45) is 2.50. The summed E-state index contributed by atoms with van der Waals surface area (Å²) in [4.78, 5) is 0. The highest BCUT2D eigenvalue weighted by Gasteiger charge is 1.92. The number of hydrogen-bond acceptors (Lipinski definition) is 3. The third-order valence-electron chi connectivity index (χ3n) is 3.23. The van der Waals surface area contributed by atoms with Crippen LogP contribution in [-0.2, 0) is 0 Å². The standard InChI is InChI=1S/C12H10O.2C6H6O.2C3H8.C2H6.CH4/c1-3-7-11(8-4-1)13-12-9-5-2-6-10-12;2*7-6-4-2-1-3-5-6;2*1-3-2;1-2;/h1-10H;2*1-5,7H;2*3H2,1-2H3;1-2H3;1H4. The summed E-state index contributed by atoms with van der Waals surface area (Å²) in [5, 5.41) is 17.3. The van der Waals surface area contributed by atoms with Gasteiger partial charge in [-0.15, -0.1) is 0 Å². The number of para-hydroxylation sites is 4. The molecule has 0 aliphatic heterocycles. The van der Waals surface area contributed by atoms with E-state index in [0.29, 0.717) is 11.5 Å². The molecule has 0 bridgehead atoms. The lowest BCUT2D eigenvalue weighted by molar-refractivity contribution is 0.475. The van der Waals surface area contributed by atoms with E-state index in [1.54, 1.807) is 48.5 Å². The van der Waals surface area contributed by atoms with Crippen LogP contribution in [-0.4, -0.2) is 10.2 Å². The molecule has 0 radical (unpaired) electrons. The molecule has 4 aromatic carbocycles. The summed E-state index contributed by atoms with van der Waals surface area (Å²) < 4.78 is 5.58. The van der Waals surface area contributed by atoms with Gasteiger partial charge in [0.05, 0.1) is 0 Å². The van der Waals surface area contributed by atoms with Gasteiger partial charge in [-0.3, -0.25) is 0 Å². The Kier molecular flexibility index (Phi) is 30.0. The summed E-state index contributed by atoms with van der Waals surface area (Å²) in [6.45, 7) is 12.5. The van der Waals surface area contributed by atoms with Gasteiger partial charge in [-0.05, 0) is 48.5 Å². The number of phenols is 2. The van der Waals surface area contributed by atoms with Gasteiger partial charge in [0.25, 0.3) is 0 Å². The first-order valence-corrected chi connectivity index (χ1v) is 12.3. The molecule has 0 aliphatic carbocycles. The Labute approximate surface area is 221 Å². The molecule has 198 valence electrons. The van der Waals surface area contributed by atoms with Crippen molar-refractivity contribution in [3.63, 3.8) is 0 Å². The molecule has 0 spiro atoms. The van der Waals surface area contributed by atoms with Gasteiger partial charge in [-0.25, -0.2) is 0 Å². The SMILES string of the molecule is C.CC.CCC.CCC.Oc1ccccc1.Oc1ccccc1.c1ccc(Oc2ccccc2)cc1. The Bertz CT molecular complexity index is 804.